The molecule has 0 aliphatic carbocycles. The summed E-state index contributed by atoms with van der Waals surface area (Å²) in [6.07, 6.45) is 8.37. The summed E-state index contributed by atoms with van der Waals surface area (Å²) < 4.78 is 0. The molecule has 2 heterocycles. The first-order chi connectivity index (χ1) is 15.6. The molecule has 4 rings (SSSR count). The van der Waals surface area contributed by atoms with Gasteiger partial charge in [-0.25, -0.2) is 0 Å². The van der Waals surface area contributed by atoms with Crippen molar-refractivity contribution in [3.63, 3.8) is 0 Å². The van der Waals surface area contributed by atoms with Crippen molar-refractivity contribution < 1.29 is 9.59 Å². The average Bonchev–Trinajstić information content (AvgIpc) is 2.84. The number of carbonyl (C=O) groups is 2. The van der Waals surface area contributed by atoms with Gasteiger partial charge in [0.2, 0.25) is 11.8 Å². The Labute approximate surface area is 195 Å². The van der Waals surface area contributed by atoms with Gasteiger partial charge < -0.3 is 15.1 Å². The molecule has 0 radical (unpaired) electrons. The van der Waals surface area contributed by atoms with Gasteiger partial charge in [-0.05, 0) is 61.9 Å². The molecule has 2 amide bonds. The number of hydrogen-bond donors (Lipinski definition) is 1. The molecule has 168 valence electrons. The molecule has 0 atom stereocenters. The van der Waals surface area contributed by atoms with E-state index >= 15 is 0 Å². The summed E-state index contributed by atoms with van der Waals surface area (Å²) in [4.78, 5) is 29.7. The Morgan fingerprint density at radius 1 is 0.938 bits per heavy atom. The smallest absolute Gasteiger partial charge is 0.246 e. The van der Waals surface area contributed by atoms with E-state index < -0.39 is 0 Å². The Morgan fingerprint density at radius 3 is 2.38 bits per heavy atom. The van der Waals surface area contributed by atoms with Gasteiger partial charge in [-0.3, -0.25) is 9.59 Å². The molecule has 2 aliphatic heterocycles. The standard InChI is InChI=1S/C26H30ClN3O2/c27-22-10-11-24(29-15-5-2-6-16-29)23(19-22)28-26(32)21-13-17-30(18-14-21)25(31)12-9-20-7-3-1-4-8-20/h1,3-4,7-12,19,21H,2,5-6,13-18H2,(H,28,32). The first kappa shape index (κ1) is 22.4. The third-order valence-electron chi connectivity index (χ3n) is 6.31. The van der Waals surface area contributed by atoms with Crippen molar-refractivity contribution in [1.82, 2.24) is 4.90 Å². The summed E-state index contributed by atoms with van der Waals surface area (Å²) in [6, 6.07) is 15.5. The molecule has 2 aromatic rings. The Kier molecular flexibility index (Phi) is 7.48. The zero-order valence-electron chi connectivity index (χ0n) is 18.3. The molecule has 2 aliphatic rings. The van der Waals surface area contributed by atoms with Crippen molar-refractivity contribution >= 4 is 40.9 Å². The van der Waals surface area contributed by atoms with Crippen LogP contribution in [-0.2, 0) is 9.59 Å². The topological polar surface area (TPSA) is 52.7 Å². The lowest BCUT2D eigenvalue weighted by atomic mass is 9.95. The number of likely N-dealkylation sites (tertiary alicyclic amines) is 1. The monoisotopic (exact) mass is 451 g/mol. The Morgan fingerprint density at radius 2 is 1.66 bits per heavy atom. The largest absolute Gasteiger partial charge is 0.370 e. The summed E-state index contributed by atoms with van der Waals surface area (Å²) >= 11 is 6.23. The molecule has 0 aromatic heterocycles. The normalized spacial score (nSPS) is 17.5. The van der Waals surface area contributed by atoms with Crippen molar-refractivity contribution in [3.8, 4) is 0 Å². The van der Waals surface area contributed by atoms with E-state index in [0.717, 1.165) is 30.0 Å². The maximum Gasteiger partial charge on any atom is 0.246 e. The lowest BCUT2D eigenvalue weighted by Gasteiger charge is -2.32. The fraction of sp³-hybridized carbons (Fsp3) is 0.385. The maximum absolute atomic E-state index is 13.0. The third-order valence-corrected chi connectivity index (χ3v) is 6.54. The average molecular weight is 452 g/mol. The second-order valence-electron chi connectivity index (χ2n) is 8.54. The van der Waals surface area contributed by atoms with E-state index in [1.165, 1.54) is 19.3 Å². The highest BCUT2D eigenvalue weighted by molar-refractivity contribution is 6.31. The number of rotatable bonds is 5. The lowest BCUT2D eigenvalue weighted by molar-refractivity contribution is -0.130. The van der Waals surface area contributed by atoms with Gasteiger partial charge >= 0.3 is 0 Å². The second kappa shape index (κ2) is 10.7. The summed E-state index contributed by atoms with van der Waals surface area (Å²) in [5.74, 6) is -0.0993. The van der Waals surface area contributed by atoms with Crippen LogP contribution in [0.5, 0.6) is 0 Å². The van der Waals surface area contributed by atoms with Crippen LogP contribution < -0.4 is 10.2 Å². The molecule has 0 unspecified atom stereocenters. The number of nitrogens with zero attached hydrogens (tertiary/aromatic N) is 2. The molecule has 2 saturated heterocycles. The SMILES string of the molecule is O=C(Nc1cc(Cl)ccc1N1CCCCC1)C1CCN(C(=O)C=Cc2ccccc2)CC1. The summed E-state index contributed by atoms with van der Waals surface area (Å²) in [5, 5.41) is 3.74. The zero-order chi connectivity index (χ0) is 22.3. The van der Waals surface area contributed by atoms with Gasteiger partial charge in [-0.15, -0.1) is 0 Å². The number of hydrogen-bond acceptors (Lipinski definition) is 3. The van der Waals surface area contributed by atoms with Crippen LogP contribution in [0.2, 0.25) is 5.02 Å². The van der Waals surface area contributed by atoms with Gasteiger partial charge in [0.25, 0.3) is 0 Å². The Bertz CT molecular complexity index is 962. The molecule has 2 fully saturated rings. The molecule has 0 saturated carbocycles. The maximum atomic E-state index is 13.0. The van der Waals surface area contributed by atoms with Crippen LogP contribution in [-0.4, -0.2) is 42.9 Å². The first-order valence-corrected chi connectivity index (χ1v) is 11.9. The molecule has 5 nitrogen and oxygen atoms in total. The van der Waals surface area contributed by atoms with Crippen LogP contribution in [0.25, 0.3) is 6.08 Å². The van der Waals surface area contributed by atoms with Crippen molar-refractivity contribution in [2.24, 2.45) is 5.92 Å². The van der Waals surface area contributed by atoms with Crippen molar-refractivity contribution in [2.45, 2.75) is 32.1 Å². The van der Waals surface area contributed by atoms with Crippen molar-refractivity contribution in [1.29, 1.82) is 0 Å². The lowest BCUT2D eigenvalue weighted by Crippen LogP contribution is -2.41. The first-order valence-electron chi connectivity index (χ1n) is 11.5. The second-order valence-corrected chi connectivity index (χ2v) is 8.98. The molecule has 32 heavy (non-hydrogen) atoms. The van der Waals surface area contributed by atoms with E-state index in [4.69, 9.17) is 11.6 Å². The van der Waals surface area contributed by atoms with Crippen LogP contribution >= 0.6 is 11.6 Å². The fourth-order valence-corrected chi connectivity index (χ4v) is 4.62. The number of nitrogens with one attached hydrogen (secondary N) is 1. The van der Waals surface area contributed by atoms with E-state index in [9.17, 15) is 9.59 Å². The van der Waals surface area contributed by atoms with Crippen LogP contribution in [0.3, 0.4) is 0 Å². The highest BCUT2D eigenvalue weighted by atomic mass is 35.5. The quantitative estimate of drug-likeness (QED) is 0.634. The van der Waals surface area contributed by atoms with Gasteiger partial charge in [0, 0.05) is 43.2 Å². The van der Waals surface area contributed by atoms with Crippen LogP contribution in [0.1, 0.15) is 37.7 Å². The van der Waals surface area contributed by atoms with E-state index in [2.05, 4.69) is 10.2 Å². The van der Waals surface area contributed by atoms with Crippen LogP contribution in [0.15, 0.2) is 54.6 Å². The van der Waals surface area contributed by atoms with Gasteiger partial charge in [-0.1, -0.05) is 41.9 Å². The number of halogens is 1. The number of carbonyl (C=O) groups excluding carboxylic acids is 2. The third kappa shape index (κ3) is 5.71. The molecule has 0 bridgehead atoms. The number of piperidine rings is 2. The van der Waals surface area contributed by atoms with Gasteiger partial charge in [0.15, 0.2) is 0 Å². The molecule has 1 N–H and O–H groups in total. The number of benzene rings is 2. The predicted octanol–water partition coefficient (Wildman–Crippen LogP) is 5.22. The highest BCUT2D eigenvalue weighted by Gasteiger charge is 2.27. The van der Waals surface area contributed by atoms with Crippen molar-refractivity contribution in [3.05, 3.63) is 65.2 Å². The van der Waals surface area contributed by atoms with E-state index in [0.29, 0.717) is 31.0 Å². The van der Waals surface area contributed by atoms with E-state index in [1.54, 1.807) is 6.08 Å². The number of anilines is 2. The summed E-state index contributed by atoms with van der Waals surface area (Å²) in [7, 11) is 0. The summed E-state index contributed by atoms with van der Waals surface area (Å²) in [5.41, 5.74) is 2.83. The van der Waals surface area contributed by atoms with Crippen LogP contribution in [0, 0.1) is 5.92 Å². The fourth-order valence-electron chi connectivity index (χ4n) is 4.45. The van der Waals surface area contributed by atoms with Gasteiger partial charge in [-0.2, -0.15) is 0 Å². The van der Waals surface area contributed by atoms with Gasteiger partial charge in [0.1, 0.15) is 0 Å². The molecular formula is C26H30ClN3O2. The molecular weight excluding hydrogens is 422 g/mol. The minimum atomic E-state index is -0.106. The zero-order valence-corrected chi connectivity index (χ0v) is 19.1. The summed E-state index contributed by atoms with van der Waals surface area (Å²) in [6.45, 7) is 3.18. The van der Waals surface area contributed by atoms with Crippen LogP contribution in [0.4, 0.5) is 11.4 Å². The highest BCUT2D eigenvalue weighted by Crippen LogP contribution is 2.32. The molecule has 0 spiro atoms. The minimum absolute atomic E-state index is 0.00469. The predicted molar refractivity (Wildman–Crippen MR) is 131 cm³/mol. The van der Waals surface area contributed by atoms with Crippen molar-refractivity contribution in [2.75, 3.05) is 36.4 Å². The molecule has 2 aromatic carbocycles. The van der Waals surface area contributed by atoms with Gasteiger partial charge in [0.05, 0.1) is 11.4 Å². The minimum Gasteiger partial charge on any atom is -0.370 e. The van der Waals surface area contributed by atoms with E-state index in [-0.39, 0.29) is 17.7 Å². The Balaban J connectivity index is 1.33. The Hall–Kier alpha value is -2.79. The van der Waals surface area contributed by atoms with E-state index in [1.807, 2.05) is 59.5 Å². The molecule has 6 heteroatoms. The number of amides is 2.